The van der Waals surface area contributed by atoms with E-state index in [4.69, 9.17) is 4.74 Å². The second-order valence-electron chi connectivity index (χ2n) is 6.37. The van der Waals surface area contributed by atoms with E-state index in [1.807, 2.05) is 0 Å². The topological polar surface area (TPSA) is 76.7 Å². The van der Waals surface area contributed by atoms with Crippen molar-refractivity contribution in [2.24, 2.45) is 0 Å². The molecule has 3 rings (SSSR count). The smallest absolute Gasteiger partial charge is 0.387 e. The van der Waals surface area contributed by atoms with Gasteiger partial charge in [0.15, 0.2) is 11.5 Å². The van der Waals surface area contributed by atoms with Crippen LogP contribution in [0.5, 0.6) is 11.5 Å². The first-order chi connectivity index (χ1) is 13.5. The largest absolute Gasteiger partial charge is 0.493 e. The first-order valence-corrected chi connectivity index (χ1v) is 8.77. The van der Waals surface area contributed by atoms with Crippen molar-refractivity contribution >= 4 is 11.8 Å². The van der Waals surface area contributed by atoms with Gasteiger partial charge in [-0.15, -0.1) is 0 Å². The summed E-state index contributed by atoms with van der Waals surface area (Å²) in [6, 6.07) is 11.2. The highest BCUT2D eigenvalue weighted by Gasteiger charge is 2.23. The van der Waals surface area contributed by atoms with Crippen molar-refractivity contribution in [3.05, 3.63) is 59.2 Å². The van der Waals surface area contributed by atoms with E-state index in [1.54, 1.807) is 24.3 Å². The van der Waals surface area contributed by atoms with Crippen LogP contribution in [0.25, 0.3) is 0 Å². The maximum atomic E-state index is 12.4. The molecule has 8 heteroatoms. The van der Waals surface area contributed by atoms with E-state index in [1.165, 1.54) is 25.3 Å². The van der Waals surface area contributed by atoms with Crippen molar-refractivity contribution in [2.45, 2.75) is 32.0 Å². The molecule has 2 aromatic carbocycles. The molecule has 0 aliphatic heterocycles. The molecule has 28 heavy (non-hydrogen) atoms. The summed E-state index contributed by atoms with van der Waals surface area (Å²) in [5, 5.41) is 5.64. The highest BCUT2D eigenvalue weighted by molar-refractivity contribution is 5.95. The van der Waals surface area contributed by atoms with E-state index >= 15 is 0 Å². The quantitative estimate of drug-likeness (QED) is 0.726. The van der Waals surface area contributed by atoms with Crippen LogP contribution >= 0.6 is 0 Å². The molecule has 0 aromatic heterocycles. The van der Waals surface area contributed by atoms with Crippen molar-refractivity contribution in [2.75, 3.05) is 7.11 Å². The number of methoxy groups -OCH3 is 1. The molecule has 2 amide bonds. The Bertz CT molecular complexity index is 852. The van der Waals surface area contributed by atoms with E-state index in [0.29, 0.717) is 11.6 Å². The normalized spacial score (nSPS) is 13.1. The summed E-state index contributed by atoms with van der Waals surface area (Å²) in [6.07, 6.45) is 2.05. The van der Waals surface area contributed by atoms with Gasteiger partial charge >= 0.3 is 6.61 Å². The Morgan fingerprint density at radius 2 is 1.71 bits per heavy atom. The van der Waals surface area contributed by atoms with Crippen LogP contribution in [-0.4, -0.2) is 31.6 Å². The number of hydrogen-bond donors (Lipinski definition) is 2. The first kappa shape index (κ1) is 19.6. The van der Waals surface area contributed by atoms with Gasteiger partial charge in [0.05, 0.1) is 7.11 Å². The van der Waals surface area contributed by atoms with Crippen LogP contribution < -0.4 is 20.1 Å². The van der Waals surface area contributed by atoms with E-state index < -0.39 is 12.5 Å². The lowest BCUT2D eigenvalue weighted by molar-refractivity contribution is -0.0512. The number of hydrogen-bond acceptors (Lipinski definition) is 4. The number of ether oxygens (including phenoxy) is 2. The predicted octanol–water partition coefficient (Wildman–Crippen LogP) is 3.12. The zero-order valence-electron chi connectivity index (χ0n) is 15.2. The Kier molecular flexibility index (Phi) is 6.08. The maximum Gasteiger partial charge on any atom is 0.387 e. The highest BCUT2D eigenvalue weighted by atomic mass is 19.3. The van der Waals surface area contributed by atoms with Gasteiger partial charge in [-0.25, -0.2) is 0 Å². The average Bonchev–Trinajstić information content (AvgIpc) is 3.50. The summed E-state index contributed by atoms with van der Waals surface area (Å²) < 4.78 is 34.1. The molecule has 0 bridgehead atoms. The van der Waals surface area contributed by atoms with Crippen LogP contribution in [-0.2, 0) is 6.54 Å². The van der Waals surface area contributed by atoms with Gasteiger partial charge in [-0.1, -0.05) is 12.1 Å². The summed E-state index contributed by atoms with van der Waals surface area (Å²) in [6.45, 7) is -2.73. The number of rotatable bonds is 8. The highest BCUT2D eigenvalue weighted by Crippen LogP contribution is 2.29. The molecule has 0 radical (unpaired) electrons. The van der Waals surface area contributed by atoms with Gasteiger partial charge in [-0.05, 0) is 48.7 Å². The lowest BCUT2D eigenvalue weighted by Crippen LogP contribution is -2.25. The molecular weight excluding hydrogens is 370 g/mol. The minimum atomic E-state index is -2.98. The van der Waals surface area contributed by atoms with E-state index in [-0.39, 0.29) is 29.5 Å². The van der Waals surface area contributed by atoms with Crippen LogP contribution in [0.4, 0.5) is 8.78 Å². The number of halogens is 2. The molecule has 0 saturated heterocycles. The summed E-state index contributed by atoms with van der Waals surface area (Å²) in [7, 11) is 1.30. The summed E-state index contributed by atoms with van der Waals surface area (Å²) >= 11 is 0. The average molecular weight is 390 g/mol. The molecule has 2 aromatic rings. The van der Waals surface area contributed by atoms with Gasteiger partial charge in [-0.2, -0.15) is 8.78 Å². The third-order valence-corrected chi connectivity index (χ3v) is 4.22. The van der Waals surface area contributed by atoms with Gasteiger partial charge in [0, 0.05) is 23.7 Å². The van der Waals surface area contributed by atoms with Crippen molar-refractivity contribution in [3.8, 4) is 11.5 Å². The summed E-state index contributed by atoms with van der Waals surface area (Å²) in [4.78, 5) is 24.3. The zero-order chi connectivity index (χ0) is 20.1. The molecule has 1 saturated carbocycles. The Hall–Kier alpha value is -3.16. The Balaban J connectivity index is 1.58. The second kappa shape index (κ2) is 8.69. The number of alkyl halides is 2. The van der Waals surface area contributed by atoms with Crippen LogP contribution in [0.1, 0.15) is 39.1 Å². The molecule has 148 valence electrons. The van der Waals surface area contributed by atoms with Crippen molar-refractivity contribution < 1.29 is 27.8 Å². The van der Waals surface area contributed by atoms with Crippen LogP contribution in [0.3, 0.4) is 0 Å². The SMILES string of the molecule is COc1cc(C(=O)NCc2ccc(C(=O)NC3CC3)cc2)ccc1OC(F)F. The molecule has 0 atom stereocenters. The fourth-order valence-electron chi connectivity index (χ4n) is 2.56. The summed E-state index contributed by atoms with van der Waals surface area (Å²) in [5.74, 6) is -0.596. The maximum absolute atomic E-state index is 12.4. The van der Waals surface area contributed by atoms with E-state index in [2.05, 4.69) is 15.4 Å². The molecule has 0 unspecified atom stereocenters. The monoisotopic (exact) mass is 390 g/mol. The van der Waals surface area contributed by atoms with Crippen molar-refractivity contribution in [3.63, 3.8) is 0 Å². The third-order valence-electron chi connectivity index (χ3n) is 4.22. The molecule has 1 aliphatic carbocycles. The standard InChI is InChI=1S/C20H20F2N2O4/c1-27-17-10-14(6-9-16(17)28-20(21)22)18(25)23-11-12-2-4-13(5-3-12)19(26)24-15-7-8-15/h2-6,9-10,15,20H,7-8,11H2,1H3,(H,23,25)(H,24,26). The van der Waals surface area contributed by atoms with Crippen LogP contribution in [0.15, 0.2) is 42.5 Å². The van der Waals surface area contributed by atoms with Crippen LogP contribution in [0, 0.1) is 0 Å². The van der Waals surface area contributed by atoms with Crippen molar-refractivity contribution in [1.82, 2.24) is 10.6 Å². The minimum Gasteiger partial charge on any atom is -0.493 e. The Labute approximate surface area is 160 Å². The predicted molar refractivity (Wildman–Crippen MR) is 97.7 cm³/mol. The van der Waals surface area contributed by atoms with Gasteiger partial charge in [0.2, 0.25) is 0 Å². The number of carbonyl (C=O) groups excluding carboxylic acids is 2. The lowest BCUT2D eigenvalue weighted by atomic mass is 10.1. The third kappa shape index (κ3) is 5.18. The molecular formula is C20H20F2N2O4. The number of nitrogens with one attached hydrogen (secondary N) is 2. The molecule has 6 nitrogen and oxygen atoms in total. The van der Waals surface area contributed by atoms with Gasteiger partial charge in [0.1, 0.15) is 0 Å². The molecule has 1 fully saturated rings. The molecule has 0 spiro atoms. The fourth-order valence-corrected chi connectivity index (χ4v) is 2.56. The first-order valence-electron chi connectivity index (χ1n) is 8.77. The number of benzene rings is 2. The van der Waals surface area contributed by atoms with E-state index in [9.17, 15) is 18.4 Å². The van der Waals surface area contributed by atoms with Crippen molar-refractivity contribution in [1.29, 1.82) is 0 Å². The molecule has 1 aliphatic rings. The van der Waals surface area contributed by atoms with E-state index in [0.717, 1.165) is 18.4 Å². The van der Waals surface area contributed by atoms with Crippen LogP contribution in [0.2, 0.25) is 0 Å². The fraction of sp³-hybridized carbons (Fsp3) is 0.300. The zero-order valence-corrected chi connectivity index (χ0v) is 15.2. The Morgan fingerprint density at radius 3 is 2.32 bits per heavy atom. The Morgan fingerprint density at radius 1 is 1.04 bits per heavy atom. The number of amides is 2. The molecule has 0 heterocycles. The van der Waals surface area contributed by atoms with Gasteiger partial charge in [-0.3, -0.25) is 9.59 Å². The molecule has 2 N–H and O–H groups in total. The minimum absolute atomic E-state index is 0.0407. The van der Waals surface area contributed by atoms with Gasteiger partial charge < -0.3 is 20.1 Å². The van der Waals surface area contributed by atoms with Gasteiger partial charge in [0.25, 0.3) is 11.8 Å². The second-order valence-corrected chi connectivity index (χ2v) is 6.37. The summed E-state index contributed by atoms with van der Waals surface area (Å²) in [5.41, 5.74) is 1.64. The number of carbonyl (C=O) groups is 2. The lowest BCUT2D eigenvalue weighted by Gasteiger charge is -2.12.